The standard InChI is InChI=1S/C25H21N3O3/c1-31-25(30)21-12-18(16-10-11-16)14-26-22(21)13-17-6-5-9-20-23(17)27-15-28(24(20)29)19-7-3-2-4-8-19/h2-9,12,14-16H,10-11,13H2,1H3. The van der Waals surface area contributed by atoms with E-state index in [0.29, 0.717) is 34.5 Å². The maximum atomic E-state index is 13.1. The van der Waals surface area contributed by atoms with Crippen molar-refractivity contribution >= 4 is 16.9 Å². The molecule has 0 N–H and O–H groups in total. The van der Waals surface area contributed by atoms with Gasteiger partial charge in [-0.05, 0) is 54.2 Å². The summed E-state index contributed by atoms with van der Waals surface area (Å²) < 4.78 is 6.53. The maximum Gasteiger partial charge on any atom is 0.339 e. The predicted molar refractivity (Wildman–Crippen MR) is 118 cm³/mol. The van der Waals surface area contributed by atoms with Crippen LogP contribution in [0.1, 0.15) is 45.9 Å². The Morgan fingerprint density at radius 1 is 1.10 bits per heavy atom. The molecule has 5 rings (SSSR count). The van der Waals surface area contributed by atoms with Crippen LogP contribution in [0.25, 0.3) is 16.6 Å². The first-order chi connectivity index (χ1) is 15.2. The number of hydrogen-bond donors (Lipinski definition) is 0. The average Bonchev–Trinajstić information content (AvgIpc) is 3.66. The van der Waals surface area contributed by atoms with E-state index >= 15 is 0 Å². The molecule has 0 atom stereocenters. The SMILES string of the molecule is COC(=O)c1cc(C2CC2)cnc1Cc1cccc2c(=O)n(-c3ccccc3)cnc12. The summed E-state index contributed by atoms with van der Waals surface area (Å²) in [6.07, 6.45) is 6.04. The molecule has 0 aliphatic heterocycles. The second-order valence-corrected chi connectivity index (χ2v) is 7.77. The summed E-state index contributed by atoms with van der Waals surface area (Å²) in [5.74, 6) is 0.0882. The van der Waals surface area contributed by atoms with Crippen LogP contribution < -0.4 is 5.56 Å². The summed E-state index contributed by atoms with van der Waals surface area (Å²) in [4.78, 5) is 34.7. The smallest absolute Gasteiger partial charge is 0.339 e. The van der Waals surface area contributed by atoms with E-state index in [0.717, 1.165) is 29.7 Å². The number of carbonyl (C=O) groups is 1. The summed E-state index contributed by atoms with van der Waals surface area (Å²) in [5.41, 5.74) is 4.25. The molecule has 0 spiro atoms. The Kier molecular flexibility index (Phi) is 4.82. The van der Waals surface area contributed by atoms with Gasteiger partial charge in [-0.25, -0.2) is 9.78 Å². The van der Waals surface area contributed by atoms with Crippen LogP contribution in [-0.2, 0) is 11.2 Å². The molecule has 6 nitrogen and oxygen atoms in total. The topological polar surface area (TPSA) is 74.1 Å². The van der Waals surface area contributed by atoms with Gasteiger partial charge >= 0.3 is 5.97 Å². The van der Waals surface area contributed by atoms with E-state index in [4.69, 9.17) is 4.74 Å². The Labute approximate surface area is 179 Å². The van der Waals surface area contributed by atoms with Gasteiger partial charge in [-0.15, -0.1) is 0 Å². The van der Waals surface area contributed by atoms with Gasteiger partial charge in [0, 0.05) is 12.6 Å². The molecule has 1 aliphatic carbocycles. The molecule has 0 amide bonds. The lowest BCUT2D eigenvalue weighted by Gasteiger charge is -2.12. The van der Waals surface area contributed by atoms with E-state index in [1.54, 1.807) is 12.4 Å². The lowest BCUT2D eigenvalue weighted by atomic mass is 10.0. The second kappa shape index (κ2) is 7.80. The number of para-hydroxylation sites is 2. The van der Waals surface area contributed by atoms with Crippen molar-refractivity contribution in [3.05, 3.63) is 99.9 Å². The number of fused-ring (bicyclic) bond motifs is 1. The molecule has 0 saturated heterocycles. The lowest BCUT2D eigenvalue weighted by Crippen LogP contribution is -2.19. The number of pyridine rings is 1. The van der Waals surface area contributed by atoms with Crippen LogP contribution in [0.2, 0.25) is 0 Å². The molecule has 2 aromatic carbocycles. The van der Waals surface area contributed by atoms with E-state index in [1.165, 1.54) is 11.7 Å². The molecule has 2 aromatic heterocycles. The molecular weight excluding hydrogens is 390 g/mol. The zero-order valence-corrected chi connectivity index (χ0v) is 17.1. The van der Waals surface area contributed by atoms with Crippen LogP contribution in [-0.4, -0.2) is 27.6 Å². The zero-order valence-electron chi connectivity index (χ0n) is 17.1. The van der Waals surface area contributed by atoms with Gasteiger partial charge in [0.05, 0.1) is 35.0 Å². The molecule has 2 heterocycles. The van der Waals surface area contributed by atoms with Crippen molar-refractivity contribution in [3.8, 4) is 5.69 Å². The van der Waals surface area contributed by atoms with Gasteiger partial charge < -0.3 is 4.74 Å². The Balaban J connectivity index is 1.58. The first-order valence-electron chi connectivity index (χ1n) is 10.3. The highest BCUT2D eigenvalue weighted by Crippen LogP contribution is 2.40. The molecule has 0 unspecified atom stereocenters. The fourth-order valence-electron chi connectivity index (χ4n) is 3.89. The van der Waals surface area contributed by atoms with Crippen LogP contribution in [0.4, 0.5) is 0 Å². The van der Waals surface area contributed by atoms with Crippen LogP contribution in [0, 0.1) is 0 Å². The zero-order chi connectivity index (χ0) is 21.4. The molecule has 0 radical (unpaired) electrons. The number of carbonyl (C=O) groups excluding carboxylic acids is 1. The Morgan fingerprint density at radius 2 is 1.90 bits per heavy atom. The van der Waals surface area contributed by atoms with E-state index in [2.05, 4.69) is 9.97 Å². The van der Waals surface area contributed by atoms with Crippen molar-refractivity contribution in [2.24, 2.45) is 0 Å². The molecule has 4 aromatic rings. The number of ether oxygens (including phenoxy) is 1. The van der Waals surface area contributed by atoms with Crippen molar-refractivity contribution in [1.82, 2.24) is 14.5 Å². The Bertz CT molecular complexity index is 1340. The normalized spacial score (nSPS) is 13.3. The van der Waals surface area contributed by atoms with Crippen molar-refractivity contribution in [2.75, 3.05) is 7.11 Å². The van der Waals surface area contributed by atoms with Crippen LogP contribution in [0.15, 0.2) is 71.9 Å². The Hall–Kier alpha value is -3.80. The number of nitrogens with zero attached hydrogens (tertiary/aromatic N) is 3. The number of aromatic nitrogens is 3. The van der Waals surface area contributed by atoms with Gasteiger partial charge in [0.1, 0.15) is 6.33 Å². The van der Waals surface area contributed by atoms with Gasteiger partial charge in [-0.3, -0.25) is 14.3 Å². The highest BCUT2D eigenvalue weighted by Gasteiger charge is 2.26. The number of hydrogen-bond acceptors (Lipinski definition) is 5. The molecule has 1 saturated carbocycles. The van der Waals surface area contributed by atoms with Crippen molar-refractivity contribution in [2.45, 2.75) is 25.2 Å². The first kappa shape index (κ1) is 19.2. The summed E-state index contributed by atoms with van der Waals surface area (Å²) in [7, 11) is 1.38. The molecule has 154 valence electrons. The number of rotatable bonds is 5. The predicted octanol–water partition coefficient (Wildman–Crippen LogP) is 4.04. The first-order valence-corrected chi connectivity index (χ1v) is 10.3. The van der Waals surface area contributed by atoms with Crippen molar-refractivity contribution in [1.29, 1.82) is 0 Å². The third kappa shape index (κ3) is 3.61. The van der Waals surface area contributed by atoms with Gasteiger partial charge in [0.2, 0.25) is 0 Å². The fourth-order valence-corrected chi connectivity index (χ4v) is 3.89. The van der Waals surface area contributed by atoms with E-state index in [1.807, 2.05) is 54.7 Å². The van der Waals surface area contributed by atoms with Crippen molar-refractivity contribution < 1.29 is 9.53 Å². The summed E-state index contributed by atoms with van der Waals surface area (Å²) in [6, 6.07) is 16.8. The van der Waals surface area contributed by atoms with Crippen LogP contribution >= 0.6 is 0 Å². The number of esters is 1. The molecule has 1 fully saturated rings. The van der Waals surface area contributed by atoms with E-state index in [9.17, 15) is 9.59 Å². The lowest BCUT2D eigenvalue weighted by molar-refractivity contribution is 0.0599. The molecule has 6 heteroatoms. The van der Waals surface area contributed by atoms with E-state index < -0.39 is 5.97 Å². The summed E-state index contributed by atoms with van der Waals surface area (Å²) in [5, 5.41) is 0.526. The average molecular weight is 411 g/mol. The molecule has 1 aliphatic rings. The van der Waals surface area contributed by atoms with Gasteiger partial charge in [0.25, 0.3) is 5.56 Å². The third-order valence-corrected chi connectivity index (χ3v) is 5.71. The monoisotopic (exact) mass is 411 g/mol. The highest BCUT2D eigenvalue weighted by molar-refractivity contribution is 5.91. The van der Waals surface area contributed by atoms with Crippen molar-refractivity contribution in [3.63, 3.8) is 0 Å². The van der Waals surface area contributed by atoms with Gasteiger partial charge in [-0.1, -0.05) is 30.3 Å². The number of benzene rings is 2. The fraction of sp³-hybridized carbons (Fsp3) is 0.200. The quantitative estimate of drug-likeness (QED) is 0.464. The summed E-state index contributed by atoms with van der Waals surface area (Å²) in [6.45, 7) is 0. The van der Waals surface area contributed by atoms with Gasteiger partial charge in [-0.2, -0.15) is 0 Å². The molecule has 31 heavy (non-hydrogen) atoms. The summed E-state index contributed by atoms with van der Waals surface area (Å²) >= 11 is 0. The van der Waals surface area contributed by atoms with Crippen LogP contribution in [0.5, 0.6) is 0 Å². The number of methoxy groups -OCH3 is 1. The second-order valence-electron chi connectivity index (χ2n) is 7.77. The third-order valence-electron chi connectivity index (χ3n) is 5.71. The maximum absolute atomic E-state index is 13.1. The minimum absolute atomic E-state index is 0.136. The molecule has 0 bridgehead atoms. The van der Waals surface area contributed by atoms with Crippen LogP contribution in [0.3, 0.4) is 0 Å². The minimum atomic E-state index is -0.398. The van der Waals surface area contributed by atoms with Gasteiger partial charge in [0.15, 0.2) is 0 Å². The highest BCUT2D eigenvalue weighted by atomic mass is 16.5. The molecular formula is C25H21N3O3. The minimum Gasteiger partial charge on any atom is -0.465 e. The largest absolute Gasteiger partial charge is 0.465 e. The van der Waals surface area contributed by atoms with E-state index in [-0.39, 0.29) is 5.56 Å². The Morgan fingerprint density at radius 3 is 2.65 bits per heavy atom.